The van der Waals surface area contributed by atoms with E-state index in [0.29, 0.717) is 38.1 Å². The van der Waals surface area contributed by atoms with Crippen LogP contribution < -0.4 is 10.6 Å². The first-order valence-corrected chi connectivity index (χ1v) is 31.8. The summed E-state index contributed by atoms with van der Waals surface area (Å²) in [6.45, 7) is 24.2. The van der Waals surface area contributed by atoms with Crippen LogP contribution in [0.2, 0.25) is 0 Å². The Balaban J connectivity index is 1.21. The largest absolute Gasteiger partial charge is 0.464 e. The standard InChI is InChI=1S/C68H95N7O5S/c1-10-14-15-27-49-37-50(28-17-16-24-46(49)5)52-39-54(62(71-42-52)47(6)79-9)64-55-41-67(7,8)45-80-66(78)56(70-12-3)29-20-21-30-60(76)57(40-61-72-58(43-81-61)51-31-32-59(53(55)38-51)75(64)13-4)73-65(77)63(48-25-18-19-26-48)74-36-34-68(11-2,44-74)33-22-23-35-69/h12,17,28,31-32,35,38-39,42-43,47,49-50,56-57,69-70H,3,5,10-11,13-16,18-27,29-30,33-34,36-37,40-41,44-45H2,1-2,4,6-9H3,(H,73,77)/b28-17+,69-35?/t47-,49+,50?,56-,57-,68-/m0/s1. The molecule has 1 unspecified atom stereocenters. The monoisotopic (exact) mass is 1120 g/mol. The molecule has 12 nitrogen and oxygen atoms in total. The molecule has 438 valence electrons. The maximum absolute atomic E-state index is 15.0. The highest BCUT2D eigenvalue weighted by atomic mass is 32.1. The fourth-order valence-corrected chi connectivity index (χ4v) is 14.3. The predicted molar refractivity (Wildman–Crippen MR) is 332 cm³/mol. The molecule has 81 heavy (non-hydrogen) atoms. The normalized spacial score (nSPS) is 23.9. The van der Waals surface area contributed by atoms with Crippen molar-refractivity contribution in [2.45, 2.75) is 213 Å². The fourth-order valence-electron chi connectivity index (χ4n) is 13.5. The molecule has 6 atom stereocenters. The Bertz CT molecular complexity index is 2920. The number of hydrogen-bond acceptors (Lipinski definition) is 11. The SMILES string of the molecule is C=CN[C@H]1CCCCC(=O)[C@@H](NC(=O)C(=C2CCCC2)N2CC[C@](CC)(CCCC=N)C2)Cc2nc(cs2)-c2ccc3c(c2)c(c(-c2cc(C4/C=C/CCC(=C)[C@H](CCCCC)C4)cnc2[C@H](C)OC)n3CC)CC(C)(C)COC1=O. The number of nitrogens with zero attached hydrogens (tertiary/aromatic N) is 4. The van der Waals surface area contributed by atoms with Gasteiger partial charge in [0.25, 0.3) is 5.91 Å². The molecule has 1 saturated heterocycles. The molecule has 2 aliphatic carbocycles. The summed E-state index contributed by atoms with van der Waals surface area (Å²) in [6, 6.07) is 7.61. The average molecular weight is 1120 g/mol. The van der Waals surface area contributed by atoms with E-state index < -0.39 is 17.5 Å². The van der Waals surface area contributed by atoms with Crippen LogP contribution in [0.15, 0.2) is 84.2 Å². The maximum Gasteiger partial charge on any atom is 0.328 e. The first-order chi connectivity index (χ1) is 39.1. The van der Waals surface area contributed by atoms with Crippen molar-refractivity contribution in [3.63, 3.8) is 0 Å². The zero-order chi connectivity index (χ0) is 57.7. The third kappa shape index (κ3) is 14.9. The van der Waals surface area contributed by atoms with Crippen molar-refractivity contribution in [2.24, 2.45) is 16.7 Å². The van der Waals surface area contributed by atoms with E-state index in [1.165, 1.54) is 53.5 Å². The minimum Gasteiger partial charge on any atom is -0.464 e. The molecule has 2 fully saturated rings. The Morgan fingerprint density at radius 3 is 2.59 bits per heavy atom. The molecule has 0 radical (unpaired) electrons. The third-order valence-electron chi connectivity index (χ3n) is 18.4. The number of allylic oxidation sites excluding steroid dienone is 4. The first kappa shape index (κ1) is 61.4. The minimum atomic E-state index is -0.786. The van der Waals surface area contributed by atoms with Crippen LogP contribution in [-0.2, 0) is 43.2 Å². The number of esters is 1. The van der Waals surface area contributed by atoms with E-state index >= 15 is 0 Å². The number of unbranched alkanes of at least 4 members (excludes halogenated alkanes) is 3. The number of cyclic esters (lactones) is 1. The summed E-state index contributed by atoms with van der Waals surface area (Å²) in [6.07, 6.45) is 28.8. The predicted octanol–water partition coefficient (Wildman–Crippen LogP) is 15.3. The van der Waals surface area contributed by atoms with Gasteiger partial charge < -0.3 is 35.0 Å². The van der Waals surface area contributed by atoms with Crippen molar-refractivity contribution >= 4 is 46.1 Å². The first-order valence-electron chi connectivity index (χ1n) is 31.0. The quantitative estimate of drug-likeness (QED) is 0.0274. The number of rotatable bonds is 19. The minimum absolute atomic E-state index is 0.0400. The van der Waals surface area contributed by atoms with Crippen LogP contribution in [-0.4, -0.2) is 82.2 Å². The molecular formula is C68H95N7O5S. The lowest BCUT2D eigenvalue weighted by molar-refractivity contribution is -0.149. The molecular weight excluding hydrogens is 1030 g/mol. The number of carbonyl (C=O) groups excluding carboxylic acids is 3. The number of aryl methyl sites for hydroxylation is 1. The summed E-state index contributed by atoms with van der Waals surface area (Å²) in [7, 11) is 1.75. The van der Waals surface area contributed by atoms with Gasteiger partial charge in [0.15, 0.2) is 5.78 Å². The van der Waals surface area contributed by atoms with Gasteiger partial charge in [-0.1, -0.05) is 90.3 Å². The van der Waals surface area contributed by atoms with E-state index in [1.54, 1.807) is 13.3 Å². The topological polar surface area (TPSA) is 152 Å². The van der Waals surface area contributed by atoms with Crippen molar-refractivity contribution in [2.75, 3.05) is 26.8 Å². The number of ketones is 1. The summed E-state index contributed by atoms with van der Waals surface area (Å²) in [5.41, 5.74) is 11.1. The number of benzene rings is 1. The molecule has 3 aromatic heterocycles. The number of fused-ring (bicyclic) bond motifs is 4. The number of ether oxygens (including phenoxy) is 2. The van der Waals surface area contributed by atoms with Gasteiger partial charge >= 0.3 is 5.97 Å². The number of carbonyl (C=O) groups is 3. The molecule has 8 rings (SSSR count). The van der Waals surface area contributed by atoms with Gasteiger partial charge in [-0.3, -0.25) is 14.6 Å². The van der Waals surface area contributed by atoms with E-state index in [4.69, 9.17) is 24.9 Å². The van der Waals surface area contributed by atoms with Crippen LogP contribution in [0.25, 0.3) is 33.4 Å². The van der Waals surface area contributed by atoms with Crippen LogP contribution in [0.3, 0.4) is 0 Å². The number of aromatic nitrogens is 3. The lowest BCUT2D eigenvalue weighted by Crippen LogP contribution is -2.46. The van der Waals surface area contributed by atoms with E-state index in [9.17, 15) is 14.4 Å². The molecule has 1 aromatic carbocycles. The van der Waals surface area contributed by atoms with Gasteiger partial charge in [-0.05, 0) is 175 Å². The van der Waals surface area contributed by atoms with E-state index in [0.717, 1.165) is 152 Å². The summed E-state index contributed by atoms with van der Waals surface area (Å²) in [5.74, 6) is 0.0552. The smallest absolute Gasteiger partial charge is 0.328 e. The molecule has 0 spiro atoms. The highest BCUT2D eigenvalue weighted by Gasteiger charge is 2.40. The summed E-state index contributed by atoms with van der Waals surface area (Å²) in [5, 5.41) is 18.1. The number of amides is 1. The molecule has 13 heteroatoms. The van der Waals surface area contributed by atoms with Crippen LogP contribution in [0, 0.1) is 22.2 Å². The molecule has 5 heterocycles. The molecule has 4 aliphatic rings. The summed E-state index contributed by atoms with van der Waals surface area (Å²) in [4.78, 5) is 56.7. The Hall–Kier alpha value is -5.66. The van der Waals surface area contributed by atoms with Crippen molar-refractivity contribution in [1.29, 1.82) is 5.41 Å². The van der Waals surface area contributed by atoms with Crippen molar-refractivity contribution in [3.05, 3.63) is 106 Å². The molecule has 4 bridgehead atoms. The second-order valence-corrected chi connectivity index (χ2v) is 25.7. The zero-order valence-electron chi connectivity index (χ0n) is 50.2. The van der Waals surface area contributed by atoms with Crippen LogP contribution in [0.4, 0.5) is 0 Å². The number of hydrogen-bond donors (Lipinski definition) is 3. The highest BCUT2D eigenvalue weighted by Crippen LogP contribution is 2.45. The lowest BCUT2D eigenvalue weighted by Gasteiger charge is -2.30. The number of nitrogens with one attached hydrogen (secondary N) is 3. The Kier molecular flexibility index (Phi) is 21.6. The van der Waals surface area contributed by atoms with Gasteiger partial charge in [0.1, 0.15) is 11.7 Å². The van der Waals surface area contributed by atoms with Crippen molar-refractivity contribution in [1.82, 2.24) is 30.1 Å². The van der Waals surface area contributed by atoms with Gasteiger partial charge in [-0.25, -0.2) is 9.78 Å². The number of methoxy groups -OCH3 is 1. The van der Waals surface area contributed by atoms with Gasteiger partial charge in [0.2, 0.25) is 0 Å². The second kappa shape index (κ2) is 28.6. The molecule has 3 N–H and O–H groups in total. The number of likely N-dealkylation sites (tertiary alicyclic amines) is 1. The fraction of sp³-hybridized carbons (Fsp3) is 0.588. The maximum atomic E-state index is 15.0. The molecule has 1 amide bonds. The Labute approximate surface area is 488 Å². The van der Waals surface area contributed by atoms with Gasteiger partial charge in [0.05, 0.1) is 40.8 Å². The third-order valence-corrected chi connectivity index (χ3v) is 19.3. The number of Topliss-reactive ketones (excluding diaryl/α,β-unsaturated/α-hetero) is 1. The summed E-state index contributed by atoms with van der Waals surface area (Å²) >= 11 is 1.54. The van der Waals surface area contributed by atoms with Gasteiger partial charge in [-0.2, -0.15) is 0 Å². The number of thiazole rings is 1. The Morgan fingerprint density at radius 1 is 1.05 bits per heavy atom. The van der Waals surface area contributed by atoms with E-state index in [2.05, 4.69) is 123 Å². The average Bonchev–Trinajstić information content (AvgIpc) is 4.51. The van der Waals surface area contributed by atoms with Crippen molar-refractivity contribution < 1.29 is 23.9 Å². The second-order valence-electron chi connectivity index (χ2n) is 24.8. The van der Waals surface area contributed by atoms with Crippen molar-refractivity contribution in [3.8, 4) is 22.5 Å². The molecule has 4 aromatic rings. The highest BCUT2D eigenvalue weighted by molar-refractivity contribution is 7.10. The summed E-state index contributed by atoms with van der Waals surface area (Å²) < 4.78 is 14.8. The van der Waals surface area contributed by atoms with Gasteiger partial charge in [0, 0.05) is 84.5 Å². The Morgan fingerprint density at radius 2 is 1.85 bits per heavy atom. The van der Waals surface area contributed by atoms with Crippen LogP contribution >= 0.6 is 11.3 Å². The van der Waals surface area contributed by atoms with E-state index in [-0.39, 0.29) is 54.5 Å². The molecule has 2 aliphatic heterocycles. The lowest BCUT2D eigenvalue weighted by atomic mass is 9.79. The molecule has 1 saturated carbocycles. The number of pyridine rings is 1. The zero-order valence-corrected chi connectivity index (χ0v) is 51.0. The van der Waals surface area contributed by atoms with E-state index in [1.807, 2.05) is 0 Å². The van der Waals surface area contributed by atoms with Crippen LogP contribution in [0.5, 0.6) is 0 Å². The van der Waals surface area contributed by atoms with Gasteiger partial charge in [-0.15, -0.1) is 11.3 Å². The van der Waals surface area contributed by atoms with Crippen LogP contribution in [0.1, 0.15) is 204 Å².